The topological polar surface area (TPSA) is 37.4 Å². The lowest BCUT2D eigenvalue weighted by atomic mass is 9.92. The number of carbonyl (C=O) groups is 2. The molecule has 2 aliphatic rings. The zero-order valence-electron chi connectivity index (χ0n) is 10.7. The maximum Gasteiger partial charge on any atom is 0.205 e. The van der Waals surface area contributed by atoms with E-state index in [1.165, 1.54) is 6.08 Å². The Kier molecular flexibility index (Phi) is 3.18. The standard InChI is InChI=1S/C14H19NO2/c1-9-4-6-15(7-5-9)12-8-13(16)10(2)11(3)14(12)17/h8-9H,4-7H2,1-3H3. The van der Waals surface area contributed by atoms with Crippen LogP contribution in [0.15, 0.2) is 22.9 Å². The Labute approximate surface area is 102 Å². The van der Waals surface area contributed by atoms with Gasteiger partial charge in [0.05, 0.1) is 5.70 Å². The van der Waals surface area contributed by atoms with Gasteiger partial charge in [-0.15, -0.1) is 0 Å². The molecular formula is C14H19NO2. The molecule has 0 radical (unpaired) electrons. The van der Waals surface area contributed by atoms with Gasteiger partial charge in [-0.05, 0) is 32.6 Å². The smallest absolute Gasteiger partial charge is 0.205 e. The number of nitrogens with zero attached hydrogens (tertiary/aromatic N) is 1. The lowest BCUT2D eigenvalue weighted by molar-refractivity contribution is -0.117. The molecule has 0 atom stereocenters. The zero-order valence-corrected chi connectivity index (χ0v) is 10.7. The minimum atomic E-state index is -0.0179. The van der Waals surface area contributed by atoms with Gasteiger partial charge in [-0.1, -0.05) is 6.92 Å². The van der Waals surface area contributed by atoms with Crippen LogP contribution in [-0.2, 0) is 9.59 Å². The number of Topliss-reactive ketones (excluding diaryl/α,β-unsaturated/α-hetero) is 1. The van der Waals surface area contributed by atoms with Crippen LogP contribution in [0, 0.1) is 5.92 Å². The summed E-state index contributed by atoms with van der Waals surface area (Å²) in [7, 11) is 0. The number of hydrogen-bond acceptors (Lipinski definition) is 3. The molecule has 2 rings (SSSR count). The quantitative estimate of drug-likeness (QED) is 0.651. The second-order valence-electron chi connectivity index (χ2n) is 5.14. The van der Waals surface area contributed by atoms with Crippen LogP contribution >= 0.6 is 0 Å². The molecule has 0 aromatic heterocycles. The van der Waals surface area contributed by atoms with E-state index in [1.807, 2.05) is 0 Å². The van der Waals surface area contributed by atoms with E-state index in [2.05, 4.69) is 11.8 Å². The number of carbonyl (C=O) groups excluding carboxylic acids is 2. The first kappa shape index (κ1) is 12.1. The highest BCUT2D eigenvalue weighted by molar-refractivity contribution is 6.21. The molecule has 17 heavy (non-hydrogen) atoms. The fraction of sp³-hybridized carbons (Fsp3) is 0.571. The molecule has 0 unspecified atom stereocenters. The molecule has 0 aromatic carbocycles. The number of hydrogen-bond donors (Lipinski definition) is 0. The normalized spacial score (nSPS) is 23.2. The first-order valence-corrected chi connectivity index (χ1v) is 6.24. The Hall–Kier alpha value is -1.38. The van der Waals surface area contributed by atoms with Crippen LogP contribution < -0.4 is 0 Å². The van der Waals surface area contributed by atoms with Gasteiger partial charge < -0.3 is 4.90 Å². The van der Waals surface area contributed by atoms with E-state index in [4.69, 9.17) is 0 Å². The third-order valence-electron chi connectivity index (χ3n) is 3.90. The summed E-state index contributed by atoms with van der Waals surface area (Å²) < 4.78 is 0. The van der Waals surface area contributed by atoms with Gasteiger partial charge in [0, 0.05) is 30.3 Å². The fourth-order valence-corrected chi connectivity index (χ4v) is 2.33. The summed E-state index contributed by atoms with van der Waals surface area (Å²) in [6.07, 6.45) is 3.71. The Morgan fingerprint density at radius 3 is 2.29 bits per heavy atom. The van der Waals surface area contributed by atoms with Crippen molar-refractivity contribution in [1.82, 2.24) is 4.90 Å². The lowest BCUT2D eigenvalue weighted by Crippen LogP contribution is -2.37. The molecule has 1 saturated heterocycles. The monoisotopic (exact) mass is 233 g/mol. The van der Waals surface area contributed by atoms with Crippen molar-refractivity contribution in [2.75, 3.05) is 13.1 Å². The average molecular weight is 233 g/mol. The van der Waals surface area contributed by atoms with Crippen LogP contribution in [0.25, 0.3) is 0 Å². The zero-order chi connectivity index (χ0) is 12.6. The van der Waals surface area contributed by atoms with E-state index in [9.17, 15) is 9.59 Å². The molecule has 3 nitrogen and oxygen atoms in total. The van der Waals surface area contributed by atoms with Crippen LogP contribution in [0.2, 0.25) is 0 Å². The van der Waals surface area contributed by atoms with Crippen molar-refractivity contribution in [3.63, 3.8) is 0 Å². The number of piperidine rings is 1. The summed E-state index contributed by atoms with van der Waals surface area (Å²) in [6.45, 7) is 7.47. The SMILES string of the molecule is CC1=C(C)C(=O)C(N2CCC(C)CC2)=CC1=O. The molecule has 0 N–H and O–H groups in total. The van der Waals surface area contributed by atoms with Crippen molar-refractivity contribution < 1.29 is 9.59 Å². The van der Waals surface area contributed by atoms with Crippen LogP contribution in [0.4, 0.5) is 0 Å². The highest BCUT2D eigenvalue weighted by Crippen LogP contribution is 2.25. The van der Waals surface area contributed by atoms with E-state index in [1.54, 1.807) is 13.8 Å². The fourth-order valence-electron chi connectivity index (χ4n) is 2.33. The summed E-state index contributed by atoms with van der Waals surface area (Å²) in [5.74, 6) is 0.729. The molecule has 0 amide bonds. The number of ketones is 2. The molecular weight excluding hydrogens is 214 g/mol. The number of rotatable bonds is 1. The van der Waals surface area contributed by atoms with Crippen LogP contribution in [0.3, 0.4) is 0 Å². The first-order valence-electron chi connectivity index (χ1n) is 6.24. The third-order valence-corrected chi connectivity index (χ3v) is 3.90. The second-order valence-corrected chi connectivity index (χ2v) is 5.14. The molecule has 0 saturated carbocycles. The maximum absolute atomic E-state index is 12.1. The first-order chi connectivity index (χ1) is 8.00. The van der Waals surface area contributed by atoms with Crippen molar-refractivity contribution in [2.24, 2.45) is 5.92 Å². The Morgan fingerprint density at radius 2 is 1.71 bits per heavy atom. The molecule has 1 fully saturated rings. The Morgan fingerprint density at radius 1 is 1.12 bits per heavy atom. The van der Waals surface area contributed by atoms with Gasteiger partial charge in [-0.2, -0.15) is 0 Å². The van der Waals surface area contributed by atoms with Crippen LogP contribution in [0.5, 0.6) is 0 Å². The largest absolute Gasteiger partial charge is 0.368 e. The van der Waals surface area contributed by atoms with E-state index in [0.29, 0.717) is 16.8 Å². The van der Waals surface area contributed by atoms with Crippen LogP contribution in [0.1, 0.15) is 33.6 Å². The Bertz CT molecular complexity index is 424. The molecule has 3 heteroatoms. The molecule has 1 aliphatic carbocycles. The maximum atomic E-state index is 12.1. The lowest BCUT2D eigenvalue weighted by Gasteiger charge is -2.34. The van der Waals surface area contributed by atoms with Gasteiger partial charge in [-0.3, -0.25) is 9.59 Å². The highest BCUT2D eigenvalue weighted by atomic mass is 16.1. The molecule has 92 valence electrons. The third kappa shape index (κ3) is 2.19. The van der Waals surface area contributed by atoms with Gasteiger partial charge in [0.2, 0.25) is 5.78 Å². The Balaban J connectivity index is 2.20. The van der Waals surface area contributed by atoms with Crippen molar-refractivity contribution in [3.8, 4) is 0 Å². The van der Waals surface area contributed by atoms with Crippen molar-refractivity contribution >= 4 is 11.6 Å². The van der Waals surface area contributed by atoms with Crippen molar-refractivity contribution in [2.45, 2.75) is 33.6 Å². The molecule has 0 aromatic rings. The van der Waals surface area contributed by atoms with Gasteiger partial charge in [0.1, 0.15) is 0 Å². The highest BCUT2D eigenvalue weighted by Gasteiger charge is 2.28. The average Bonchev–Trinajstić information content (AvgIpc) is 2.32. The molecule has 0 bridgehead atoms. The van der Waals surface area contributed by atoms with E-state index in [-0.39, 0.29) is 11.6 Å². The van der Waals surface area contributed by atoms with Crippen molar-refractivity contribution in [3.05, 3.63) is 22.9 Å². The summed E-state index contributed by atoms with van der Waals surface area (Å²) in [6, 6.07) is 0. The minimum absolute atomic E-state index is 0.0179. The van der Waals surface area contributed by atoms with Crippen LogP contribution in [-0.4, -0.2) is 29.6 Å². The molecule has 1 aliphatic heterocycles. The number of allylic oxidation sites excluding steroid dienone is 3. The van der Waals surface area contributed by atoms with E-state index in [0.717, 1.165) is 31.8 Å². The summed E-state index contributed by atoms with van der Waals surface area (Å²) in [5.41, 5.74) is 1.79. The summed E-state index contributed by atoms with van der Waals surface area (Å²) in [5, 5.41) is 0. The second kappa shape index (κ2) is 4.47. The van der Waals surface area contributed by atoms with E-state index >= 15 is 0 Å². The van der Waals surface area contributed by atoms with Gasteiger partial charge in [0.15, 0.2) is 5.78 Å². The number of likely N-dealkylation sites (tertiary alicyclic amines) is 1. The molecule has 1 heterocycles. The molecule has 0 spiro atoms. The van der Waals surface area contributed by atoms with Gasteiger partial charge in [-0.25, -0.2) is 0 Å². The minimum Gasteiger partial charge on any atom is -0.368 e. The van der Waals surface area contributed by atoms with E-state index < -0.39 is 0 Å². The summed E-state index contributed by atoms with van der Waals surface area (Å²) >= 11 is 0. The predicted molar refractivity (Wildman–Crippen MR) is 66.4 cm³/mol. The predicted octanol–water partition coefficient (Wildman–Crippen LogP) is 2.09. The van der Waals surface area contributed by atoms with Gasteiger partial charge in [0.25, 0.3) is 0 Å². The summed E-state index contributed by atoms with van der Waals surface area (Å²) in [4.78, 5) is 26.0. The van der Waals surface area contributed by atoms with Crippen molar-refractivity contribution in [1.29, 1.82) is 0 Å². The van der Waals surface area contributed by atoms with Gasteiger partial charge >= 0.3 is 0 Å².